The minimum Gasteiger partial charge on any atom is -0.494 e. The second kappa shape index (κ2) is 9.62. The van der Waals surface area contributed by atoms with Crippen LogP contribution in [0, 0.1) is 5.82 Å². The highest BCUT2D eigenvalue weighted by atomic mass is 32.2. The van der Waals surface area contributed by atoms with E-state index >= 15 is 0 Å². The van der Waals surface area contributed by atoms with Gasteiger partial charge < -0.3 is 9.64 Å². The Hall–Kier alpha value is -3.39. The molecule has 0 N–H and O–H groups in total. The highest BCUT2D eigenvalue weighted by Crippen LogP contribution is 2.29. The van der Waals surface area contributed by atoms with Crippen LogP contribution >= 0.6 is 0 Å². The number of carbonyl (C=O) groups is 1. The quantitative estimate of drug-likeness (QED) is 0.516. The van der Waals surface area contributed by atoms with Crippen molar-refractivity contribution in [2.75, 3.05) is 28.9 Å². The number of para-hydroxylation sites is 1. The summed E-state index contributed by atoms with van der Waals surface area (Å²) in [5, 5.41) is 0. The molecule has 0 unspecified atom stereocenters. The van der Waals surface area contributed by atoms with Crippen LogP contribution in [0.25, 0.3) is 0 Å². The van der Waals surface area contributed by atoms with Crippen LogP contribution < -0.4 is 13.9 Å². The SMILES string of the molecule is CCOc1ccc(S(=O)(=O)N(CC(=O)N2CCCc3ccccc32)c2ccc(F)cc2)cc1. The van der Waals surface area contributed by atoms with Crippen molar-refractivity contribution in [2.45, 2.75) is 24.7 Å². The summed E-state index contributed by atoms with van der Waals surface area (Å²) in [6.07, 6.45) is 1.66. The summed E-state index contributed by atoms with van der Waals surface area (Å²) < 4.78 is 47.1. The number of benzene rings is 3. The van der Waals surface area contributed by atoms with Crippen LogP contribution in [-0.2, 0) is 21.2 Å². The predicted molar refractivity (Wildman–Crippen MR) is 126 cm³/mol. The molecule has 0 saturated carbocycles. The van der Waals surface area contributed by atoms with Crippen LogP contribution in [0.5, 0.6) is 5.75 Å². The van der Waals surface area contributed by atoms with Crippen LogP contribution in [0.4, 0.5) is 15.8 Å². The number of nitrogens with zero attached hydrogens (tertiary/aromatic N) is 2. The van der Waals surface area contributed by atoms with Crippen molar-refractivity contribution in [1.29, 1.82) is 0 Å². The fraction of sp³-hybridized carbons (Fsp3) is 0.240. The molecule has 0 spiro atoms. The molecule has 3 aromatic rings. The molecule has 1 aliphatic heterocycles. The van der Waals surface area contributed by atoms with Gasteiger partial charge in [-0.1, -0.05) is 18.2 Å². The normalized spacial score (nSPS) is 13.3. The van der Waals surface area contributed by atoms with Gasteiger partial charge in [-0.2, -0.15) is 0 Å². The molecule has 1 heterocycles. The number of hydrogen-bond acceptors (Lipinski definition) is 4. The molecule has 0 fully saturated rings. The van der Waals surface area contributed by atoms with Crippen molar-refractivity contribution < 1.29 is 22.3 Å². The highest BCUT2D eigenvalue weighted by Gasteiger charge is 2.31. The molecular formula is C25H25FN2O4S. The summed E-state index contributed by atoms with van der Waals surface area (Å²) in [5.41, 5.74) is 2.06. The Morgan fingerprint density at radius 3 is 2.42 bits per heavy atom. The molecule has 8 heteroatoms. The predicted octanol–water partition coefficient (Wildman–Crippen LogP) is 4.40. The molecule has 3 aromatic carbocycles. The van der Waals surface area contributed by atoms with Crippen molar-refractivity contribution in [3.8, 4) is 5.75 Å². The molecule has 6 nitrogen and oxygen atoms in total. The highest BCUT2D eigenvalue weighted by molar-refractivity contribution is 7.92. The molecule has 0 atom stereocenters. The van der Waals surface area contributed by atoms with Gasteiger partial charge in [0.25, 0.3) is 10.0 Å². The molecular weight excluding hydrogens is 443 g/mol. The van der Waals surface area contributed by atoms with Crippen LogP contribution in [0.1, 0.15) is 18.9 Å². The van der Waals surface area contributed by atoms with Gasteiger partial charge in [-0.15, -0.1) is 0 Å². The summed E-state index contributed by atoms with van der Waals surface area (Å²) in [6, 6.07) is 18.7. The molecule has 0 aromatic heterocycles. The van der Waals surface area contributed by atoms with Crippen LogP contribution in [0.2, 0.25) is 0 Å². The molecule has 33 heavy (non-hydrogen) atoms. The smallest absolute Gasteiger partial charge is 0.264 e. The summed E-state index contributed by atoms with van der Waals surface area (Å²) in [4.78, 5) is 15.0. The monoisotopic (exact) mass is 468 g/mol. The first kappa shape index (κ1) is 22.8. The summed E-state index contributed by atoms with van der Waals surface area (Å²) in [6.45, 7) is 2.40. The summed E-state index contributed by atoms with van der Waals surface area (Å²) in [7, 11) is -4.10. The number of anilines is 2. The van der Waals surface area contributed by atoms with E-state index < -0.39 is 22.4 Å². The standard InChI is InChI=1S/C25H25FN2O4S/c1-2-32-22-13-15-23(16-14-22)33(30,31)28(21-11-9-20(26)10-12-21)18-25(29)27-17-5-7-19-6-3-4-8-24(19)27/h3-4,6,8-16H,2,5,7,17-18H2,1H3. The fourth-order valence-corrected chi connectivity index (χ4v) is 5.34. The Morgan fingerprint density at radius 1 is 1.03 bits per heavy atom. The summed E-state index contributed by atoms with van der Waals surface area (Å²) >= 11 is 0. The number of sulfonamides is 1. The van der Waals surface area contributed by atoms with E-state index in [1.54, 1.807) is 17.0 Å². The lowest BCUT2D eigenvalue weighted by Gasteiger charge is -2.32. The minimum atomic E-state index is -4.10. The maximum atomic E-state index is 13.6. The maximum absolute atomic E-state index is 13.6. The van der Waals surface area contributed by atoms with E-state index in [9.17, 15) is 17.6 Å². The first-order valence-electron chi connectivity index (χ1n) is 10.8. The van der Waals surface area contributed by atoms with Gasteiger partial charge in [0.2, 0.25) is 5.91 Å². The first-order chi connectivity index (χ1) is 15.9. The zero-order valence-corrected chi connectivity index (χ0v) is 19.1. The lowest BCUT2D eigenvalue weighted by molar-refractivity contribution is -0.117. The van der Waals surface area contributed by atoms with Gasteiger partial charge in [0, 0.05) is 12.2 Å². The number of aryl methyl sites for hydroxylation is 1. The lowest BCUT2D eigenvalue weighted by atomic mass is 10.0. The average Bonchev–Trinajstić information content (AvgIpc) is 2.83. The van der Waals surface area contributed by atoms with E-state index in [2.05, 4.69) is 0 Å². The molecule has 1 amide bonds. The van der Waals surface area contributed by atoms with Gasteiger partial charge in [0.05, 0.1) is 17.2 Å². The van der Waals surface area contributed by atoms with Crippen LogP contribution in [0.3, 0.4) is 0 Å². The van der Waals surface area contributed by atoms with Gasteiger partial charge in [-0.25, -0.2) is 12.8 Å². The Morgan fingerprint density at radius 2 is 1.73 bits per heavy atom. The van der Waals surface area contributed by atoms with Gasteiger partial charge in [-0.05, 0) is 79.9 Å². The van der Waals surface area contributed by atoms with E-state index in [0.717, 1.165) is 28.4 Å². The number of fused-ring (bicyclic) bond motifs is 1. The second-order valence-corrected chi connectivity index (χ2v) is 9.53. The molecule has 1 aliphatic rings. The zero-order valence-electron chi connectivity index (χ0n) is 18.3. The van der Waals surface area contributed by atoms with Crippen molar-refractivity contribution >= 4 is 27.3 Å². The van der Waals surface area contributed by atoms with E-state index in [0.29, 0.717) is 18.9 Å². The fourth-order valence-electron chi connectivity index (χ4n) is 3.93. The summed E-state index contributed by atoms with van der Waals surface area (Å²) in [5.74, 6) is -0.291. The van der Waals surface area contributed by atoms with E-state index in [-0.39, 0.29) is 16.5 Å². The van der Waals surface area contributed by atoms with Crippen molar-refractivity contribution in [1.82, 2.24) is 0 Å². The van der Waals surface area contributed by atoms with E-state index in [1.165, 1.54) is 36.4 Å². The third kappa shape index (κ3) is 4.85. The zero-order chi connectivity index (χ0) is 23.4. The van der Waals surface area contributed by atoms with Crippen LogP contribution in [0.15, 0.2) is 77.7 Å². The van der Waals surface area contributed by atoms with Crippen molar-refractivity contribution in [2.24, 2.45) is 0 Å². The molecule has 0 radical (unpaired) electrons. The largest absolute Gasteiger partial charge is 0.494 e. The third-order valence-corrected chi connectivity index (χ3v) is 7.32. The molecule has 4 rings (SSSR count). The number of carbonyl (C=O) groups excluding carboxylic acids is 1. The van der Waals surface area contributed by atoms with E-state index in [1.807, 2.05) is 31.2 Å². The Bertz CT molecular complexity index is 1230. The van der Waals surface area contributed by atoms with Gasteiger partial charge >= 0.3 is 0 Å². The Kier molecular flexibility index (Phi) is 6.65. The van der Waals surface area contributed by atoms with Gasteiger partial charge in [-0.3, -0.25) is 9.10 Å². The number of hydrogen-bond donors (Lipinski definition) is 0. The molecule has 0 saturated heterocycles. The minimum absolute atomic E-state index is 0.0159. The molecule has 172 valence electrons. The second-order valence-electron chi connectivity index (χ2n) is 7.67. The number of halogens is 1. The van der Waals surface area contributed by atoms with Crippen molar-refractivity contribution in [3.63, 3.8) is 0 Å². The maximum Gasteiger partial charge on any atom is 0.264 e. The van der Waals surface area contributed by atoms with Crippen molar-refractivity contribution in [3.05, 3.63) is 84.2 Å². The van der Waals surface area contributed by atoms with Gasteiger partial charge in [0.15, 0.2) is 0 Å². The number of rotatable bonds is 7. The van der Waals surface area contributed by atoms with E-state index in [4.69, 9.17) is 4.74 Å². The Labute approximate surface area is 193 Å². The third-order valence-electron chi connectivity index (χ3n) is 5.53. The number of amides is 1. The topological polar surface area (TPSA) is 66.9 Å². The first-order valence-corrected chi connectivity index (χ1v) is 12.2. The molecule has 0 aliphatic carbocycles. The Balaban J connectivity index is 1.69. The molecule has 0 bridgehead atoms. The van der Waals surface area contributed by atoms with Gasteiger partial charge in [0.1, 0.15) is 18.1 Å². The number of ether oxygens (including phenoxy) is 1. The van der Waals surface area contributed by atoms with Crippen LogP contribution in [-0.4, -0.2) is 34.0 Å². The average molecular weight is 469 g/mol. The lowest BCUT2D eigenvalue weighted by Crippen LogP contribution is -2.45.